The van der Waals surface area contributed by atoms with Crippen LogP contribution in [0.15, 0.2) is 70.6 Å². The molecule has 1 heterocycles. The van der Waals surface area contributed by atoms with Crippen LogP contribution in [0.4, 0.5) is 0 Å². The minimum Gasteiger partial charge on any atom is -0.464 e. The summed E-state index contributed by atoms with van der Waals surface area (Å²) in [4.78, 5) is 25.8. The molecule has 0 aliphatic carbocycles. The fraction of sp³-hybridized carbons (Fsp3) is 0.150. The Morgan fingerprint density at radius 3 is 2.22 bits per heavy atom. The second-order valence-corrected chi connectivity index (χ2v) is 6.47. The monoisotopic (exact) mass is 382 g/mol. The highest BCUT2D eigenvalue weighted by Crippen LogP contribution is 2.34. The summed E-state index contributed by atoms with van der Waals surface area (Å²) in [5, 5.41) is 4.86. The Kier molecular flexibility index (Phi) is 5.93. The second-order valence-electron chi connectivity index (χ2n) is 5.40. The minimum atomic E-state index is -0.692. The Labute approximate surface area is 161 Å². The van der Waals surface area contributed by atoms with Crippen molar-refractivity contribution in [1.29, 1.82) is 0 Å². The lowest BCUT2D eigenvalue weighted by atomic mass is 10.2. The van der Waals surface area contributed by atoms with Crippen molar-refractivity contribution >= 4 is 23.7 Å². The maximum Gasteiger partial charge on any atom is 0.359 e. The fourth-order valence-electron chi connectivity index (χ4n) is 2.47. The SMILES string of the molecule is CCOC(=O)c1c(C(=O)OC)nn(-c2ccccc2)c1Sc1ccccc1. The van der Waals surface area contributed by atoms with E-state index in [1.165, 1.54) is 18.9 Å². The van der Waals surface area contributed by atoms with Crippen molar-refractivity contribution in [2.45, 2.75) is 16.8 Å². The molecule has 0 fully saturated rings. The number of hydrogen-bond acceptors (Lipinski definition) is 6. The lowest BCUT2D eigenvalue weighted by molar-refractivity contribution is 0.0499. The van der Waals surface area contributed by atoms with E-state index in [1.54, 1.807) is 11.6 Å². The van der Waals surface area contributed by atoms with Crippen molar-refractivity contribution in [2.24, 2.45) is 0 Å². The minimum absolute atomic E-state index is 0.0711. The van der Waals surface area contributed by atoms with Crippen molar-refractivity contribution in [3.8, 4) is 5.69 Å². The molecule has 138 valence electrons. The number of ether oxygens (including phenoxy) is 2. The molecule has 0 N–H and O–H groups in total. The second kappa shape index (κ2) is 8.55. The molecule has 0 spiro atoms. The molecule has 2 aromatic carbocycles. The normalized spacial score (nSPS) is 10.4. The van der Waals surface area contributed by atoms with Crippen molar-refractivity contribution in [2.75, 3.05) is 13.7 Å². The zero-order chi connectivity index (χ0) is 19.2. The zero-order valence-electron chi connectivity index (χ0n) is 14.9. The number of carbonyl (C=O) groups is 2. The Balaban J connectivity index is 2.22. The van der Waals surface area contributed by atoms with Gasteiger partial charge in [0.15, 0.2) is 5.69 Å². The topological polar surface area (TPSA) is 70.4 Å². The maximum atomic E-state index is 12.6. The van der Waals surface area contributed by atoms with E-state index in [9.17, 15) is 9.59 Å². The summed E-state index contributed by atoms with van der Waals surface area (Å²) in [7, 11) is 1.25. The third-order valence-corrected chi connectivity index (χ3v) is 4.74. The molecule has 1 aromatic heterocycles. The molecule has 0 saturated heterocycles. The first-order valence-electron chi connectivity index (χ1n) is 8.32. The average molecular weight is 382 g/mol. The lowest BCUT2D eigenvalue weighted by Gasteiger charge is -2.09. The average Bonchev–Trinajstić information content (AvgIpc) is 3.08. The lowest BCUT2D eigenvalue weighted by Crippen LogP contribution is -2.12. The molecule has 7 heteroatoms. The van der Waals surface area contributed by atoms with Crippen molar-refractivity contribution in [3.05, 3.63) is 71.9 Å². The molecule has 0 unspecified atom stereocenters. The number of para-hydroxylation sites is 1. The van der Waals surface area contributed by atoms with E-state index in [4.69, 9.17) is 9.47 Å². The largest absolute Gasteiger partial charge is 0.464 e. The highest BCUT2D eigenvalue weighted by atomic mass is 32.2. The summed E-state index contributed by atoms with van der Waals surface area (Å²) >= 11 is 1.33. The quantitative estimate of drug-likeness (QED) is 0.601. The van der Waals surface area contributed by atoms with Gasteiger partial charge in [0, 0.05) is 4.90 Å². The molecule has 0 amide bonds. The summed E-state index contributed by atoms with van der Waals surface area (Å²) < 4.78 is 11.6. The third-order valence-electron chi connectivity index (χ3n) is 3.66. The molecule has 3 aromatic rings. The Bertz CT molecular complexity index is 939. The first-order chi connectivity index (χ1) is 13.2. The number of hydrogen-bond donors (Lipinski definition) is 0. The van der Waals surface area contributed by atoms with Gasteiger partial charge in [-0.1, -0.05) is 48.2 Å². The molecule has 0 bridgehead atoms. The van der Waals surface area contributed by atoms with Gasteiger partial charge in [0.1, 0.15) is 10.6 Å². The molecule has 6 nitrogen and oxygen atoms in total. The zero-order valence-corrected chi connectivity index (χ0v) is 15.7. The number of aromatic nitrogens is 2. The smallest absolute Gasteiger partial charge is 0.359 e. The summed E-state index contributed by atoms with van der Waals surface area (Å²) in [6.07, 6.45) is 0. The first kappa shape index (κ1) is 18.7. The van der Waals surface area contributed by atoms with Gasteiger partial charge in [0.05, 0.1) is 19.4 Å². The molecule has 3 rings (SSSR count). The van der Waals surface area contributed by atoms with Crippen molar-refractivity contribution < 1.29 is 19.1 Å². The van der Waals surface area contributed by atoms with Gasteiger partial charge in [-0.25, -0.2) is 14.3 Å². The van der Waals surface area contributed by atoms with Gasteiger partial charge in [0.25, 0.3) is 0 Å². The Hall–Kier alpha value is -3.06. The van der Waals surface area contributed by atoms with E-state index in [1.807, 2.05) is 60.7 Å². The molecule has 0 aliphatic heterocycles. The number of methoxy groups -OCH3 is 1. The van der Waals surface area contributed by atoms with Gasteiger partial charge in [-0.3, -0.25) is 0 Å². The van der Waals surface area contributed by atoms with E-state index in [-0.39, 0.29) is 17.9 Å². The van der Waals surface area contributed by atoms with Crippen LogP contribution in [0.3, 0.4) is 0 Å². The third kappa shape index (κ3) is 4.03. The van der Waals surface area contributed by atoms with Gasteiger partial charge < -0.3 is 9.47 Å². The van der Waals surface area contributed by atoms with Gasteiger partial charge >= 0.3 is 11.9 Å². The standard InChI is InChI=1S/C20H18N2O4S/c1-3-26-19(23)16-17(20(24)25-2)21-22(14-10-6-4-7-11-14)18(16)27-15-12-8-5-9-13-15/h4-13H,3H2,1-2H3. The van der Waals surface area contributed by atoms with Crippen LogP contribution in [-0.2, 0) is 9.47 Å². The number of benzene rings is 2. The van der Waals surface area contributed by atoms with Crippen LogP contribution >= 0.6 is 11.8 Å². The summed E-state index contributed by atoms with van der Waals surface area (Å²) in [6.45, 7) is 1.90. The summed E-state index contributed by atoms with van der Waals surface area (Å²) in [5.74, 6) is -1.30. The van der Waals surface area contributed by atoms with Crippen molar-refractivity contribution in [3.63, 3.8) is 0 Å². The molecular formula is C20H18N2O4S. The van der Waals surface area contributed by atoms with Crippen LogP contribution in [0.2, 0.25) is 0 Å². The Morgan fingerprint density at radius 1 is 1.00 bits per heavy atom. The van der Waals surface area contributed by atoms with Crippen molar-refractivity contribution in [1.82, 2.24) is 9.78 Å². The number of rotatable bonds is 6. The van der Waals surface area contributed by atoms with Gasteiger partial charge in [-0.15, -0.1) is 0 Å². The van der Waals surface area contributed by atoms with Gasteiger partial charge in [0.2, 0.25) is 0 Å². The van der Waals surface area contributed by atoms with Crippen LogP contribution in [0.5, 0.6) is 0 Å². The van der Waals surface area contributed by atoms with Crippen LogP contribution in [0, 0.1) is 0 Å². The van der Waals surface area contributed by atoms with E-state index < -0.39 is 11.9 Å². The van der Waals surface area contributed by atoms with Crippen LogP contribution in [-0.4, -0.2) is 35.4 Å². The fourth-order valence-corrected chi connectivity index (χ4v) is 3.50. The summed E-state index contributed by atoms with van der Waals surface area (Å²) in [6, 6.07) is 18.8. The first-order valence-corrected chi connectivity index (χ1v) is 9.14. The maximum absolute atomic E-state index is 12.6. The molecule has 0 aliphatic rings. The van der Waals surface area contributed by atoms with E-state index in [0.717, 1.165) is 10.6 Å². The predicted molar refractivity (Wildman–Crippen MR) is 101 cm³/mol. The molecule has 0 saturated carbocycles. The van der Waals surface area contributed by atoms with Gasteiger partial charge in [-0.05, 0) is 31.2 Å². The van der Waals surface area contributed by atoms with Crippen LogP contribution in [0.25, 0.3) is 5.69 Å². The number of esters is 2. The molecule has 27 heavy (non-hydrogen) atoms. The molecule has 0 radical (unpaired) electrons. The predicted octanol–water partition coefficient (Wildman–Crippen LogP) is 3.99. The summed E-state index contributed by atoms with van der Waals surface area (Å²) in [5.41, 5.74) is 0.747. The molecular weight excluding hydrogens is 364 g/mol. The van der Waals surface area contributed by atoms with Crippen LogP contribution < -0.4 is 0 Å². The van der Waals surface area contributed by atoms with Crippen LogP contribution in [0.1, 0.15) is 27.8 Å². The molecule has 0 atom stereocenters. The van der Waals surface area contributed by atoms with E-state index in [2.05, 4.69) is 5.10 Å². The van der Waals surface area contributed by atoms with Gasteiger partial charge in [-0.2, -0.15) is 5.10 Å². The highest BCUT2D eigenvalue weighted by Gasteiger charge is 2.30. The van der Waals surface area contributed by atoms with E-state index >= 15 is 0 Å². The number of nitrogens with zero attached hydrogens (tertiary/aromatic N) is 2. The van der Waals surface area contributed by atoms with E-state index in [0.29, 0.717) is 5.03 Å². The number of carbonyl (C=O) groups excluding carboxylic acids is 2. The Morgan fingerprint density at radius 2 is 1.63 bits per heavy atom. The highest BCUT2D eigenvalue weighted by molar-refractivity contribution is 7.99.